The average Bonchev–Trinajstić information content (AvgIpc) is 2.79. The number of rotatable bonds is 5. The van der Waals surface area contributed by atoms with Crippen LogP contribution in [0.25, 0.3) is 33.3 Å². The van der Waals surface area contributed by atoms with Crippen molar-refractivity contribution >= 4 is 22.6 Å². The van der Waals surface area contributed by atoms with Gasteiger partial charge in [-0.1, -0.05) is 36.4 Å². The van der Waals surface area contributed by atoms with E-state index in [1.54, 1.807) is 24.3 Å². The minimum atomic E-state index is -1.10. The van der Waals surface area contributed by atoms with Crippen LogP contribution in [0.5, 0.6) is 5.75 Å². The highest BCUT2D eigenvalue weighted by molar-refractivity contribution is 5.99. The number of hydrogen-bond donors (Lipinski definition) is 3. The van der Waals surface area contributed by atoms with Gasteiger partial charge in [-0.3, -0.25) is 4.79 Å². The Morgan fingerprint density at radius 3 is 2.22 bits per heavy atom. The fourth-order valence-electron chi connectivity index (χ4n) is 3.46. The summed E-state index contributed by atoms with van der Waals surface area (Å²) in [4.78, 5) is 16.0. The molecule has 0 spiro atoms. The maximum Gasteiger partial charge on any atom is 0.325 e. The van der Waals surface area contributed by atoms with Crippen molar-refractivity contribution in [3.05, 3.63) is 78.1 Å². The molecule has 0 fully saturated rings. The first-order chi connectivity index (χ1) is 15.4. The van der Waals surface area contributed by atoms with Gasteiger partial charge >= 0.3 is 5.97 Å². The second kappa shape index (κ2) is 8.36. The Kier molecular flexibility index (Phi) is 5.44. The molecule has 1 aromatic heterocycles. The summed E-state index contributed by atoms with van der Waals surface area (Å²) in [5.74, 6) is -1.44. The lowest BCUT2D eigenvalue weighted by Crippen LogP contribution is -2.26. The maximum atomic E-state index is 13.9. The van der Waals surface area contributed by atoms with Crippen LogP contribution in [0.1, 0.15) is 12.5 Å². The number of hydrogen-bond acceptors (Lipinski definition) is 5. The number of halogens is 1. The first kappa shape index (κ1) is 20.8. The normalized spacial score (nSPS) is 11.7. The topological polar surface area (TPSA) is 106 Å². The standard InChI is InChI=1S/C25H18FN3O3/c1-14(25(31)32)28-24-20-12-18(26)8-11-22(20)29-23(21(24)13-27)17-4-2-15(3-5-17)16-6-9-19(30)10-7-16/h2-12,14,30H,1H3,(H,28,29)(H,31,32). The number of carbonyl (C=O) groups is 1. The molecular formula is C25H18FN3O3. The van der Waals surface area contributed by atoms with Crippen LogP contribution in [-0.4, -0.2) is 27.2 Å². The number of carboxylic acids is 1. The van der Waals surface area contributed by atoms with E-state index >= 15 is 0 Å². The Morgan fingerprint density at radius 1 is 1.03 bits per heavy atom. The molecule has 0 aliphatic rings. The van der Waals surface area contributed by atoms with Gasteiger partial charge in [-0.05, 0) is 48.4 Å². The van der Waals surface area contributed by atoms with Gasteiger partial charge in [0.25, 0.3) is 0 Å². The van der Waals surface area contributed by atoms with Crippen molar-refractivity contribution in [2.45, 2.75) is 13.0 Å². The summed E-state index contributed by atoms with van der Waals surface area (Å²) in [6.07, 6.45) is 0. The van der Waals surface area contributed by atoms with Gasteiger partial charge in [0.05, 0.1) is 16.9 Å². The number of aromatic nitrogens is 1. The quantitative estimate of drug-likeness (QED) is 0.406. The second-order valence-corrected chi connectivity index (χ2v) is 7.31. The van der Waals surface area contributed by atoms with E-state index in [4.69, 9.17) is 0 Å². The maximum absolute atomic E-state index is 13.9. The first-order valence-electron chi connectivity index (χ1n) is 9.80. The predicted octanol–water partition coefficient (Wildman–Crippen LogP) is 5.17. The Hall–Kier alpha value is -4.44. The van der Waals surface area contributed by atoms with Gasteiger partial charge in [-0.25, -0.2) is 9.37 Å². The molecule has 0 radical (unpaired) electrons. The van der Waals surface area contributed by atoms with Crippen molar-refractivity contribution in [1.29, 1.82) is 5.26 Å². The molecule has 7 heteroatoms. The van der Waals surface area contributed by atoms with Crippen molar-refractivity contribution in [1.82, 2.24) is 4.98 Å². The van der Waals surface area contributed by atoms with Gasteiger partial charge < -0.3 is 15.5 Å². The van der Waals surface area contributed by atoms with Crippen LogP contribution < -0.4 is 5.32 Å². The molecule has 32 heavy (non-hydrogen) atoms. The number of anilines is 1. The van der Waals surface area contributed by atoms with Crippen molar-refractivity contribution < 1.29 is 19.4 Å². The molecule has 1 atom stereocenters. The molecule has 4 rings (SSSR count). The number of aromatic hydroxyl groups is 1. The van der Waals surface area contributed by atoms with E-state index in [0.717, 1.165) is 11.1 Å². The molecule has 0 amide bonds. The van der Waals surface area contributed by atoms with Crippen LogP contribution in [0.2, 0.25) is 0 Å². The number of fused-ring (bicyclic) bond motifs is 1. The van der Waals surface area contributed by atoms with Crippen molar-refractivity contribution in [2.24, 2.45) is 0 Å². The highest BCUT2D eigenvalue weighted by Gasteiger charge is 2.20. The summed E-state index contributed by atoms with van der Waals surface area (Å²) in [7, 11) is 0. The Balaban J connectivity index is 1.87. The number of nitrogens with zero attached hydrogens (tertiary/aromatic N) is 2. The van der Waals surface area contributed by atoms with Gasteiger partial charge in [0.15, 0.2) is 0 Å². The number of nitriles is 1. The Morgan fingerprint density at radius 2 is 1.62 bits per heavy atom. The largest absolute Gasteiger partial charge is 0.508 e. The molecular weight excluding hydrogens is 409 g/mol. The number of phenolic OH excluding ortho intramolecular Hbond substituents is 1. The van der Waals surface area contributed by atoms with Crippen molar-refractivity contribution in [3.63, 3.8) is 0 Å². The molecule has 1 unspecified atom stereocenters. The second-order valence-electron chi connectivity index (χ2n) is 7.31. The van der Waals surface area contributed by atoms with Crippen LogP contribution in [-0.2, 0) is 4.79 Å². The average molecular weight is 427 g/mol. The third kappa shape index (κ3) is 3.94. The number of aliphatic carboxylic acids is 1. The van der Waals surface area contributed by atoms with Crippen LogP contribution in [0.4, 0.5) is 10.1 Å². The number of phenols is 1. The van der Waals surface area contributed by atoms with Crippen molar-refractivity contribution in [3.8, 4) is 34.2 Å². The van der Waals surface area contributed by atoms with Crippen LogP contribution >= 0.6 is 0 Å². The van der Waals surface area contributed by atoms with E-state index < -0.39 is 17.8 Å². The molecule has 4 aromatic rings. The molecule has 3 N–H and O–H groups in total. The fraction of sp³-hybridized carbons (Fsp3) is 0.0800. The smallest absolute Gasteiger partial charge is 0.325 e. The lowest BCUT2D eigenvalue weighted by molar-refractivity contribution is -0.137. The monoisotopic (exact) mass is 427 g/mol. The van der Waals surface area contributed by atoms with E-state index in [1.165, 1.54) is 25.1 Å². The minimum absolute atomic E-state index is 0.133. The Bertz CT molecular complexity index is 1360. The summed E-state index contributed by atoms with van der Waals surface area (Å²) < 4.78 is 13.9. The summed E-state index contributed by atoms with van der Waals surface area (Å²) in [6.45, 7) is 1.45. The van der Waals surface area contributed by atoms with Crippen molar-refractivity contribution in [2.75, 3.05) is 5.32 Å². The van der Waals surface area contributed by atoms with Gasteiger partial charge in [0, 0.05) is 10.9 Å². The summed E-state index contributed by atoms with van der Waals surface area (Å²) in [6, 6.07) is 19.2. The van der Waals surface area contributed by atoms with Gasteiger partial charge in [0.2, 0.25) is 0 Å². The van der Waals surface area contributed by atoms with E-state index in [1.807, 2.05) is 24.3 Å². The van der Waals surface area contributed by atoms with Gasteiger partial charge in [-0.2, -0.15) is 5.26 Å². The fourth-order valence-corrected chi connectivity index (χ4v) is 3.46. The van der Waals surface area contributed by atoms with E-state index in [-0.39, 0.29) is 17.0 Å². The summed E-state index contributed by atoms with van der Waals surface area (Å²) in [5.41, 5.74) is 3.63. The predicted molar refractivity (Wildman–Crippen MR) is 120 cm³/mol. The molecule has 3 aromatic carbocycles. The van der Waals surface area contributed by atoms with Gasteiger partial charge in [0.1, 0.15) is 29.2 Å². The minimum Gasteiger partial charge on any atom is -0.508 e. The lowest BCUT2D eigenvalue weighted by Gasteiger charge is -2.17. The zero-order chi connectivity index (χ0) is 22.8. The number of benzene rings is 3. The molecule has 0 aliphatic heterocycles. The summed E-state index contributed by atoms with van der Waals surface area (Å²) in [5, 5.41) is 31.9. The third-order valence-electron chi connectivity index (χ3n) is 5.15. The van der Waals surface area contributed by atoms with Crippen LogP contribution in [0.15, 0.2) is 66.7 Å². The number of carboxylic acid groups (broad SMARTS) is 1. The molecule has 0 saturated carbocycles. The van der Waals surface area contributed by atoms with E-state index in [2.05, 4.69) is 16.4 Å². The van der Waals surface area contributed by atoms with Crippen LogP contribution in [0.3, 0.4) is 0 Å². The molecule has 6 nitrogen and oxygen atoms in total. The molecule has 0 saturated heterocycles. The summed E-state index contributed by atoms with van der Waals surface area (Å²) >= 11 is 0. The number of nitrogens with one attached hydrogen (secondary N) is 1. The number of pyridine rings is 1. The highest BCUT2D eigenvalue weighted by atomic mass is 19.1. The first-order valence-corrected chi connectivity index (χ1v) is 9.80. The molecule has 1 heterocycles. The SMILES string of the molecule is CC(Nc1c(C#N)c(-c2ccc(-c3ccc(O)cc3)cc2)nc2ccc(F)cc12)C(=O)O. The van der Waals surface area contributed by atoms with E-state index in [0.29, 0.717) is 22.2 Å². The Labute approximate surface area is 183 Å². The zero-order valence-electron chi connectivity index (χ0n) is 17.0. The van der Waals surface area contributed by atoms with Crippen LogP contribution in [0, 0.1) is 17.1 Å². The third-order valence-corrected chi connectivity index (χ3v) is 5.15. The van der Waals surface area contributed by atoms with Gasteiger partial charge in [-0.15, -0.1) is 0 Å². The molecule has 0 aliphatic carbocycles. The molecule has 0 bridgehead atoms. The molecule has 158 valence electrons. The van der Waals surface area contributed by atoms with E-state index in [9.17, 15) is 24.7 Å². The highest BCUT2D eigenvalue weighted by Crippen LogP contribution is 2.35. The zero-order valence-corrected chi connectivity index (χ0v) is 17.0. The lowest BCUT2D eigenvalue weighted by atomic mass is 9.98.